The molecule has 1 aliphatic rings. The molecule has 0 radical (unpaired) electrons. The molecule has 0 fully saturated rings. The van der Waals surface area contributed by atoms with Crippen molar-refractivity contribution in [2.45, 2.75) is 6.17 Å². The highest BCUT2D eigenvalue weighted by Gasteiger charge is 2.33. The fourth-order valence-electron chi connectivity index (χ4n) is 3.34. The Kier molecular flexibility index (Phi) is 2.61. The Morgan fingerprint density at radius 1 is 0.810 bits per heavy atom. The number of anilines is 2. The molecule has 3 nitrogen and oxygen atoms in total. The Balaban J connectivity index is 1.91. The standard InChI is InChI=1S/C18H17N3/c1-20-15-10-3-4-11-16(15)21(2)18(20)14-9-5-7-13-8-6-12-19-17(13)14/h3-12,18H,1-2H3. The second-order valence-corrected chi connectivity index (χ2v) is 5.51. The van der Waals surface area contributed by atoms with E-state index in [0.717, 1.165) is 5.52 Å². The number of benzene rings is 2. The average Bonchev–Trinajstić information content (AvgIpc) is 2.79. The van der Waals surface area contributed by atoms with Crippen LogP contribution in [0, 0.1) is 0 Å². The van der Waals surface area contributed by atoms with Crippen molar-refractivity contribution in [3.63, 3.8) is 0 Å². The van der Waals surface area contributed by atoms with E-state index < -0.39 is 0 Å². The van der Waals surface area contributed by atoms with Gasteiger partial charge in [-0.1, -0.05) is 36.4 Å². The van der Waals surface area contributed by atoms with Gasteiger partial charge in [0, 0.05) is 31.2 Å². The van der Waals surface area contributed by atoms with E-state index in [2.05, 4.69) is 77.4 Å². The predicted molar refractivity (Wildman–Crippen MR) is 87.7 cm³/mol. The van der Waals surface area contributed by atoms with E-state index in [-0.39, 0.29) is 6.17 Å². The zero-order valence-corrected chi connectivity index (χ0v) is 12.2. The zero-order chi connectivity index (χ0) is 14.4. The summed E-state index contributed by atoms with van der Waals surface area (Å²) in [4.78, 5) is 9.24. The maximum Gasteiger partial charge on any atom is 0.130 e. The lowest BCUT2D eigenvalue weighted by molar-refractivity contribution is 0.698. The Bertz CT molecular complexity index is 778. The Labute approximate surface area is 124 Å². The lowest BCUT2D eigenvalue weighted by Crippen LogP contribution is -2.30. The van der Waals surface area contributed by atoms with Gasteiger partial charge in [-0.15, -0.1) is 0 Å². The van der Waals surface area contributed by atoms with Crippen LogP contribution >= 0.6 is 0 Å². The van der Waals surface area contributed by atoms with Crippen molar-refractivity contribution < 1.29 is 0 Å². The molecule has 0 aliphatic carbocycles. The third-order valence-electron chi connectivity index (χ3n) is 4.32. The second-order valence-electron chi connectivity index (χ2n) is 5.51. The molecule has 2 heterocycles. The fourth-order valence-corrected chi connectivity index (χ4v) is 3.34. The van der Waals surface area contributed by atoms with Gasteiger partial charge in [-0.05, 0) is 18.2 Å². The van der Waals surface area contributed by atoms with Crippen molar-refractivity contribution in [3.05, 3.63) is 66.4 Å². The summed E-state index contributed by atoms with van der Waals surface area (Å²) >= 11 is 0. The van der Waals surface area contributed by atoms with Crippen LogP contribution in [0.4, 0.5) is 11.4 Å². The summed E-state index contributed by atoms with van der Waals surface area (Å²) in [6.45, 7) is 0. The van der Waals surface area contributed by atoms with E-state index in [9.17, 15) is 0 Å². The van der Waals surface area contributed by atoms with Crippen molar-refractivity contribution in [2.75, 3.05) is 23.9 Å². The van der Waals surface area contributed by atoms with E-state index >= 15 is 0 Å². The minimum absolute atomic E-state index is 0.181. The first-order chi connectivity index (χ1) is 10.3. The topological polar surface area (TPSA) is 19.4 Å². The average molecular weight is 275 g/mol. The highest BCUT2D eigenvalue weighted by molar-refractivity contribution is 5.85. The zero-order valence-electron chi connectivity index (χ0n) is 12.2. The Morgan fingerprint density at radius 2 is 1.48 bits per heavy atom. The van der Waals surface area contributed by atoms with E-state index in [0.29, 0.717) is 0 Å². The summed E-state index contributed by atoms with van der Waals surface area (Å²) < 4.78 is 0. The number of rotatable bonds is 1. The second kappa shape index (κ2) is 4.48. The minimum atomic E-state index is 0.181. The molecule has 0 saturated carbocycles. The van der Waals surface area contributed by atoms with E-state index in [1.54, 1.807) is 0 Å². The number of para-hydroxylation sites is 3. The molecule has 0 bridgehead atoms. The molecule has 4 rings (SSSR count). The summed E-state index contributed by atoms with van der Waals surface area (Å²) in [6, 6.07) is 19.0. The van der Waals surface area contributed by atoms with Gasteiger partial charge >= 0.3 is 0 Å². The monoisotopic (exact) mass is 275 g/mol. The lowest BCUT2D eigenvalue weighted by Gasteiger charge is -2.28. The molecule has 0 amide bonds. The van der Waals surface area contributed by atoms with E-state index in [1.807, 2.05) is 12.3 Å². The molecular formula is C18H17N3. The van der Waals surface area contributed by atoms with Crippen LogP contribution in [0.3, 0.4) is 0 Å². The van der Waals surface area contributed by atoms with Crippen LogP contribution in [0.1, 0.15) is 11.7 Å². The van der Waals surface area contributed by atoms with Gasteiger partial charge in [0.2, 0.25) is 0 Å². The van der Waals surface area contributed by atoms with Gasteiger partial charge in [-0.2, -0.15) is 0 Å². The predicted octanol–water partition coefficient (Wildman–Crippen LogP) is 3.82. The lowest BCUT2D eigenvalue weighted by atomic mass is 10.1. The first-order valence-electron chi connectivity index (χ1n) is 7.16. The maximum absolute atomic E-state index is 4.60. The van der Waals surface area contributed by atoms with Crippen LogP contribution in [0.15, 0.2) is 60.8 Å². The molecule has 3 aromatic rings. The van der Waals surface area contributed by atoms with Crippen molar-refractivity contribution in [1.82, 2.24) is 4.98 Å². The molecule has 0 saturated heterocycles. The van der Waals surface area contributed by atoms with Gasteiger partial charge in [0.1, 0.15) is 6.17 Å². The quantitative estimate of drug-likeness (QED) is 0.673. The van der Waals surface area contributed by atoms with Gasteiger partial charge in [0.05, 0.1) is 16.9 Å². The fraction of sp³-hybridized carbons (Fsp3) is 0.167. The molecule has 21 heavy (non-hydrogen) atoms. The third kappa shape index (κ3) is 1.70. The molecule has 104 valence electrons. The molecule has 3 heteroatoms. The SMILES string of the molecule is CN1c2ccccc2N(C)C1c1cccc2cccnc12. The van der Waals surface area contributed by atoms with E-state index in [1.165, 1.54) is 22.3 Å². The number of pyridine rings is 1. The molecule has 1 aromatic heterocycles. The summed E-state index contributed by atoms with van der Waals surface area (Å²) in [5.74, 6) is 0. The first kappa shape index (κ1) is 12.2. The first-order valence-corrected chi connectivity index (χ1v) is 7.16. The highest BCUT2D eigenvalue weighted by Crippen LogP contribution is 2.44. The van der Waals surface area contributed by atoms with Crippen molar-refractivity contribution in [3.8, 4) is 0 Å². The number of fused-ring (bicyclic) bond motifs is 2. The molecule has 1 aliphatic heterocycles. The van der Waals surface area contributed by atoms with Crippen LogP contribution in [-0.2, 0) is 0 Å². The van der Waals surface area contributed by atoms with Gasteiger partial charge in [-0.3, -0.25) is 4.98 Å². The molecule has 2 aromatic carbocycles. The number of aromatic nitrogens is 1. The number of hydrogen-bond acceptors (Lipinski definition) is 3. The van der Waals surface area contributed by atoms with Gasteiger partial charge < -0.3 is 9.80 Å². The molecule has 0 spiro atoms. The molecule has 0 N–H and O–H groups in total. The van der Waals surface area contributed by atoms with Gasteiger partial charge in [0.15, 0.2) is 0 Å². The molecular weight excluding hydrogens is 258 g/mol. The Morgan fingerprint density at radius 3 is 2.19 bits per heavy atom. The van der Waals surface area contributed by atoms with Gasteiger partial charge in [-0.25, -0.2) is 0 Å². The normalized spacial score (nSPS) is 14.8. The van der Waals surface area contributed by atoms with Crippen LogP contribution < -0.4 is 9.80 Å². The van der Waals surface area contributed by atoms with Crippen molar-refractivity contribution in [2.24, 2.45) is 0 Å². The summed E-state index contributed by atoms with van der Waals surface area (Å²) in [5, 5.41) is 1.19. The van der Waals surface area contributed by atoms with Crippen molar-refractivity contribution >= 4 is 22.3 Å². The number of hydrogen-bond donors (Lipinski definition) is 0. The largest absolute Gasteiger partial charge is 0.349 e. The highest BCUT2D eigenvalue weighted by atomic mass is 15.4. The Hall–Kier alpha value is -2.55. The summed E-state index contributed by atoms with van der Waals surface area (Å²) in [7, 11) is 4.30. The van der Waals surface area contributed by atoms with Crippen molar-refractivity contribution in [1.29, 1.82) is 0 Å². The summed E-state index contributed by atoms with van der Waals surface area (Å²) in [6.07, 6.45) is 2.05. The van der Waals surface area contributed by atoms with Crippen LogP contribution in [0.5, 0.6) is 0 Å². The minimum Gasteiger partial charge on any atom is -0.349 e. The molecule has 0 atom stereocenters. The summed E-state index contributed by atoms with van der Waals surface area (Å²) in [5.41, 5.74) is 4.85. The smallest absolute Gasteiger partial charge is 0.130 e. The third-order valence-corrected chi connectivity index (χ3v) is 4.32. The maximum atomic E-state index is 4.60. The van der Waals surface area contributed by atoms with Crippen LogP contribution in [0.2, 0.25) is 0 Å². The molecule has 0 unspecified atom stereocenters. The van der Waals surface area contributed by atoms with Crippen LogP contribution in [-0.4, -0.2) is 19.1 Å². The van der Waals surface area contributed by atoms with E-state index in [4.69, 9.17) is 0 Å². The van der Waals surface area contributed by atoms with Crippen LogP contribution in [0.25, 0.3) is 10.9 Å². The van der Waals surface area contributed by atoms with Gasteiger partial charge in [0.25, 0.3) is 0 Å². The number of nitrogens with zero attached hydrogens (tertiary/aromatic N) is 3.